The van der Waals surface area contributed by atoms with Gasteiger partial charge in [-0.3, -0.25) is 0 Å². The van der Waals surface area contributed by atoms with Gasteiger partial charge < -0.3 is 10.5 Å². The molecule has 0 radical (unpaired) electrons. The van der Waals surface area contributed by atoms with Gasteiger partial charge in [-0.05, 0) is 17.5 Å². The van der Waals surface area contributed by atoms with E-state index in [9.17, 15) is 13.2 Å². The summed E-state index contributed by atoms with van der Waals surface area (Å²) in [6.07, 6.45) is -4.70. The summed E-state index contributed by atoms with van der Waals surface area (Å²) >= 11 is 3.80. The van der Waals surface area contributed by atoms with E-state index in [0.717, 1.165) is 0 Å². The van der Waals surface area contributed by atoms with Crippen LogP contribution in [0.4, 0.5) is 13.2 Å². The standard InChI is InChI=1S/C9H8F3NOS/c10-9(11,12)14-7-3-1-2-6(4-7)8(13)5-15/h1-5,15H,13H2/b8-5-. The van der Waals surface area contributed by atoms with Crippen LogP contribution in [0, 0.1) is 0 Å². The molecule has 1 aromatic carbocycles. The molecule has 0 bridgehead atoms. The molecule has 2 N–H and O–H groups in total. The van der Waals surface area contributed by atoms with Crippen molar-refractivity contribution in [2.24, 2.45) is 5.73 Å². The maximum Gasteiger partial charge on any atom is 0.573 e. The summed E-state index contributed by atoms with van der Waals surface area (Å²) in [4.78, 5) is 0. The Morgan fingerprint density at radius 2 is 2.07 bits per heavy atom. The normalized spacial score (nSPS) is 12.7. The van der Waals surface area contributed by atoms with E-state index in [4.69, 9.17) is 5.73 Å². The fourth-order valence-electron chi connectivity index (χ4n) is 0.947. The van der Waals surface area contributed by atoms with E-state index in [1.54, 1.807) is 6.07 Å². The molecule has 0 saturated carbocycles. The van der Waals surface area contributed by atoms with Crippen LogP contribution >= 0.6 is 12.6 Å². The highest BCUT2D eigenvalue weighted by Gasteiger charge is 2.31. The Morgan fingerprint density at radius 3 is 2.60 bits per heavy atom. The molecule has 15 heavy (non-hydrogen) atoms. The molecule has 1 rings (SSSR count). The molecule has 0 aromatic heterocycles. The second-order valence-electron chi connectivity index (χ2n) is 2.66. The van der Waals surface area contributed by atoms with Crippen molar-refractivity contribution in [3.8, 4) is 5.75 Å². The van der Waals surface area contributed by atoms with Crippen molar-refractivity contribution in [1.82, 2.24) is 0 Å². The van der Waals surface area contributed by atoms with Crippen LogP contribution in [0.2, 0.25) is 0 Å². The number of halogens is 3. The highest BCUT2D eigenvalue weighted by Crippen LogP contribution is 2.24. The Morgan fingerprint density at radius 1 is 1.40 bits per heavy atom. The van der Waals surface area contributed by atoms with Crippen LogP contribution in [0.25, 0.3) is 5.70 Å². The molecule has 82 valence electrons. The lowest BCUT2D eigenvalue weighted by Gasteiger charge is -2.09. The first-order valence-electron chi connectivity index (χ1n) is 3.88. The lowest BCUT2D eigenvalue weighted by molar-refractivity contribution is -0.274. The van der Waals surface area contributed by atoms with Gasteiger partial charge in [-0.25, -0.2) is 0 Å². The Balaban J connectivity index is 2.93. The summed E-state index contributed by atoms with van der Waals surface area (Å²) in [5.41, 5.74) is 6.17. The fourth-order valence-corrected chi connectivity index (χ4v) is 1.10. The van der Waals surface area contributed by atoms with Crippen molar-refractivity contribution in [3.63, 3.8) is 0 Å². The molecule has 0 saturated heterocycles. The van der Waals surface area contributed by atoms with Gasteiger partial charge in [-0.1, -0.05) is 12.1 Å². The van der Waals surface area contributed by atoms with Crippen molar-refractivity contribution in [2.75, 3.05) is 0 Å². The van der Waals surface area contributed by atoms with Gasteiger partial charge in [-0.15, -0.1) is 25.8 Å². The highest BCUT2D eigenvalue weighted by atomic mass is 32.1. The van der Waals surface area contributed by atoms with Crippen molar-refractivity contribution in [2.45, 2.75) is 6.36 Å². The summed E-state index contributed by atoms with van der Waals surface area (Å²) in [5.74, 6) is -0.307. The molecule has 0 atom stereocenters. The third kappa shape index (κ3) is 3.75. The molecular weight excluding hydrogens is 227 g/mol. The van der Waals surface area contributed by atoms with Gasteiger partial charge in [0.15, 0.2) is 0 Å². The van der Waals surface area contributed by atoms with Gasteiger partial charge in [0, 0.05) is 11.3 Å². The van der Waals surface area contributed by atoms with Crippen molar-refractivity contribution in [3.05, 3.63) is 35.2 Å². The minimum Gasteiger partial charge on any atom is -0.406 e. The van der Waals surface area contributed by atoms with Gasteiger partial charge in [-0.2, -0.15) is 0 Å². The topological polar surface area (TPSA) is 35.2 Å². The van der Waals surface area contributed by atoms with Gasteiger partial charge in [0.25, 0.3) is 0 Å². The number of ether oxygens (including phenoxy) is 1. The van der Waals surface area contributed by atoms with Crippen molar-refractivity contribution in [1.29, 1.82) is 0 Å². The average molecular weight is 235 g/mol. The van der Waals surface area contributed by atoms with Crippen LogP contribution in [0.3, 0.4) is 0 Å². The third-order valence-electron chi connectivity index (χ3n) is 1.54. The molecule has 0 heterocycles. The maximum absolute atomic E-state index is 11.9. The molecule has 6 heteroatoms. The first kappa shape index (κ1) is 11.8. The Hall–Kier alpha value is -1.30. The number of hydrogen-bond acceptors (Lipinski definition) is 3. The van der Waals surface area contributed by atoms with Crippen LogP contribution < -0.4 is 10.5 Å². The number of nitrogens with two attached hydrogens (primary N) is 1. The summed E-state index contributed by atoms with van der Waals surface area (Å²) in [6.45, 7) is 0. The summed E-state index contributed by atoms with van der Waals surface area (Å²) < 4.78 is 39.3. The number of alkyl halides is 3. The zero-order valence-electron chi connectivity index (χ0n) is 7.45. The van der Waals surface area contributed by atoms with Crippen molar-refractivity contribution >= 4 is 18.3 Å². The molecule has 0 unspecified atom stereocenters. The molecule has 1 aromatic rings. The molecular formula is C9H8F3NOS. The third-order valence-corrected chi connectivity index (χ3v) is 1.82. The zero-order chi connectivity index (χ0) is 11.5. The number of benzene rings is 1. The Bertz CT molecular complexity index is 376. The molecule has 0 aliphatic rings. The molecule has 0 aliphatic carbocycles. The molecule has 2 nitrogen and oxygen atoms in total. The van der Waals surface area contributed by atoms with Crippen LogP contribution in [-0.2, 0) is 0 Å². The van der Waals surface area contributed by atoms with E-state index in [2.05, 4.69) is 17.4 Å². The highest BCUT2D eigenvalue weighted by molar-refractivity contribution is 7.83. The van der Waals surface area contributed by atoms with Crippen molar-refractivity contribution < 1.29 is 17.9 Å². The first-order chi connectivity index (χ1) is 6.92. The monoisotopic (exact) mass is 235 g/mol. The van der Waals surface area contributed by atoms with E-state index in [1.165, 1.54) is 23.6 Å². The van der Waals surface area contributed by atoms with Gasteiger partial charge in [0.2, 0.25) is 0 Å². The van der Waals surface area contributed by atoms with E-state index in [-0.39, 0.29) is 11.4 Å². The Kier molecular flexibility index (Phi) is 3.52. The van der Waals surface area contributed by atoms with E-state index in [0.29, 0.717) is 5.56 Å². The van der Waals surface area contributed by atoms with Crippen LogP contribution in [0.1, 0.15) is 5.56 Å². The lowest BCUT2D eigenvalue weighted by atomic mass is 10.2. The summed E-state index contributed by atoms with van der Waals surface area (Å²) in [5, 5.41) is 1.30. The number of rotatable bonds is 2. The second kappa shape index (κ2) is 4.48. The average Bonchev–Trinajstić information content (AvgIpc) is 2.14. The molecule has 0 amide bonds. The predicted octanol–water partition coefficient (Wildman–Crippen LogP) is 2.77. The van der Waals surface area contributed by atoms with Gasteiger partial charge in [0.05, 0.1) is 0 Å². The number of hydrogen-bond donors (Lipinski definition) is 2. The smallest absolute Gasteiger partial charge is 0.406 e. The Labute approximate surface area is 89.9 Å². The van der Waals surface area contributed by atoms with Crippen LogP contribution in [0.5, 0.6) is 5.75 Å². The SMILES string of the molecule is N/C(=C\S)c1cccc(OC(F)(F)F)c1. The lowest BCUT2D eigenvalue weighted by Crippen LogP contribution is -2.17. The molecule has 0 aliphatic heterocycles. The number of thiol groups is 1. The maximum atomic E-state index is 11.9. The quantitative estimate of drug-likeness (QED) is 0.773. The summed E-state index contributed by atoms with van der Waals surface area (Å²) in [6, 6.07) is 5.37. The van der Waals surface area contributed by atoms with Crippen LogP contribution in [-0.4, -0.2) is 6.36 Å². The zero-order valence-corrected chi connectivity index (χ0v) is 8.35. The minimum atomic E-state index is -4.70. The minimum absolute atomic E-state index is 0.269. The van der Waals surface area contributed by atoms with Crippen LogP contribution in [0.15, 0.2) is 29.7 Å². The van der Waals surface area contributed by atoms with E-state index < -0.39 is 6.36 Å². The molecule has 0 spiro atoms. The summed E-state index contributed by atoms with van der Waals surface area (Å²) in [7, 11) is 0. The second-order valence-corrected chi connectivity index (χ2v) is 2.92. The largest absolute Gasteiger partial charge is 0.573 e. The molecule has 0 fully saturated rings. The van der Waals surface area contributed by atoms with E-state index in [1.807, 2.05) is 0 Å². The van der Waals surface area contributed by atoms with E-state index >= 15 is 0 Å². The van der Waals surface area contributed by atoms with Gasteiger partial charge in [0.1, 0.15) is 5.75 Å². The first-order valence-corrected chi connectivity index (χ1v) is 4.40. The van der Waals surface area contributed by atoms with Gasteiger partial charge >= 0.3 is 6.36 Å². The fraction of sp³-hybridized carbons (Fsp3) is 0.111. The predicted molar refractivity (Wildman–Crippen MR) is 54.3 cm³/mol.